The second-order valence-corrected chi connectivity index (χ2v) is 7.40. The summed E-state index contributed by atoms with van der Waals surface area (Å²) in [5, 5.41) is 6.89. The van der Waals surface area contributed by atoms with Gasteiger partial charge in [-0.05, 0) is 37.8 Å². The average Bonchev–Trinajstić information content (AvgIpc) is 3.47. The number of hydrogen-bond donors (Lipinski definition) is 2. The highest BCUT2D eigenvalue weighted by atomic mass is 127. The van der Waals surface area contributed by atoms with Gasteiger partial charge >= 0.3 is 0 Å². The molecule has 5 nitrogen and oxygen atoms in total. The van der Waals surface area contributed by atoms with Crippen LogP contribution in [0.2, 0.25) is 0 Å². The molecule has 26 heavy (non-hydrogen) atoms. The number of hydrogen-bond acceptors (Lipinski definition) is 3. The van der Waals surface area contributed by atoms with E-state index < -0.39 is 0 Å². The summed E-state index contributed by atoms with van der Waals surface area (Å²) in [5.41, 5.74) is 1.43. The summed E-state index contributed by atoms with van der Waals surface area (Å²) in [6.45, 7) is 6.57. The quantitative estimate of drug-likeness (QED) is 0.278. The van der Waals surface area contributed by atoms with Gasteiger partial charge in [0.2, 0.25) is 0 Å². The van der Waals surface area contributed by atoms with Crippen LogP contribution in [-0.4, -0.2) is 69.1 Å². The van der Waals surface area contributed by atoms with Crippen molar-refractivity contribution in [1.82, 2.24) is 20.4 Å². The largest absolute Gasteiger partial charge is 0.356 e. The van der Waals surface area contributed by atoms with Crippen LogP contribution in [-0.2, 0) is 0 Å². The van der Waals surface area contributed by atoms with Gasteiger partial charge in [-0.25, -0.2) is 0 Å². The Morgan fingerprint density at radius 1 is 1.15 bits per heavy atom. The smallest absolute Gasteiger partial charge is 0.190 e. The van der Waals surface area contributed by atoms with Crippen LogP contribution in [0.25, 0.3) is 0 Å². The molecule has 1 saturated heterocycles. The van der Waals surface area contributed by atoms with Crippen molar-refractivity contribution in [3.63, 3.8) is 0 Å². The van der Waals surface area contributed by atoms with Crippen molar-refractivity contribution in [2.75, 3.05) is 53.4 Å². The molecule has 2 aliphatic rings. The molecule has 6 heteroatoms. The summed E-state index contributed by atoms with van der Waals surface area (Å²) >= 11 is 0. The number of guanidine groups is 1. The maximum Gasteiger partial charge on any atom is 0.190 e. The molecular formula is C20H34IN5. The highest BCUT2D eigenvalue weighted by Crippen LogP contribution is 2.27. The predicted octanol–water partition coefficient (Wildman–Crippen LogP) is 2.56. The van der Waals surface area contributed by atoms with Crippen molar-refractivity contribution in [2.45, 2.75) is 25.3 Å². The minimum atomic E-state index is 0. The van der Waals surface area contributed by atoms with Gasteiger partial charge in [-0.3, -0.25) is 9.89 Å². The van der Waals surface area contributed by atoms with Crippen LogP contribution in [0.15, 0.2) is 35.3 Å². The van der Waals surface area contributed by atoms with E-state index in [-0.39, 0.29) is 24.0 Å². The first-order chi connectivity index (χ1) is 12.3. The molecule has 1 heterocycles. The second kappa shape index (κ2) is 11.1. The Morgan fingerprint density at radius 2 is 1.92 bits per heavy atom. The second-order valence-electron chi connectivity index (χ2n) is 7.40. The fourth-order valence-corrected chi connectivity index (χ4v) is 3.49. The number of halogens is 1. The van der Waals surface area contributed by atoms with Gasteiger partial charge in [0, 0.05) is 52.4 Å². The van der Waals surface area contributed by atoms with Crippen molar-refractivity contribution in [2.24, 2.45) is 10.9 Å². The van der Waals surface area contributed by atoms with Crippen LogP contribution in [0.4, 0.5) is 0 Å². The molecule has 146 valence electrons. The Bertz CT molecular complexity index is 546. The van der Waals surface area contributed by atoms with E-state index in [1.54, 1.807) is 0 Å². The molecule has 2 fully saturated rings. The van der Waals surface area contributed by atoms with Gasteiger partial charge in [-0.1, -0.05) is 30.3 Å². The van der Waals surface area contributed by atoms with E-state index in [9.17, 15) is 0 Å². The highest BCUT2D eigenvalue weighted by molar-refractivity contribution is 14.0. The standard InChI is InChI=1S/C20H33N5.HI/c1-21-20(23-15-17-9-10-17)22-11-6-12-25-14-13-24(2)16-19(25)18-7-4-3-5-8-18;/h3-5,7-8,17,19H,6,9-16H2,1-2H3,(H2,21,22,23);1H. The minimum Gasteiger partial charge on any atom is -0.356 e. The van der Waals surface area contributed by atoms with E-state index in [4.69, 9.17) is 0 Å². The fraction of sp³-hybridized carbons (Fsp3) is 0.650. The van der Waals surface area contributed by atoms with Crippen molar-refractivity contribution < 1.29 is 0 Å². The Morgan fingerprint density at radius 3 is 2.62 bits per heavy atom. The van der Waals surface area contributed by atoms with Gasteiger partial charge in [0.05, 0.1) is 0 Å². The topological polar surface area (TPSA) is 42.9 Å². The molecule has 1 atom stereocenters. The van der Waals surface area contributed by atoms with Crippen LogP contribution >= 0.6 is 24.0 Å². The first-order valence-electron chi connectivity index (χ1n) is 9.68. The Kier molecular flexibility index (Phi) is 9.15. The Balaban J connectivity index is 0.00000243. The first-order valence-corrected chi connectivity index (χ1v) is 9.68. The van der Waals surface area contributed by atoms with Crippen LogP contribution in [0.5, 0.6) is 0 Å². The zero-order valence-electron chi connectivity index (χ0n) is 16.2. The number of nitrogens with one attached hydrogen (secondary N) is 2. The highest BCUT2D eigenvalue weighted by Gasteiger charge is 2.26. The molecule has 0 amide bonds. The third-order valence-corrected chi connectivity index (χ3v) is 5.27. The normalized spacial score (nSPS) is 21.9. The molecule has 1 aliphatic heterocycles. The lowest BCUT2D eigenvalue weighted by atomic mass is 10.0. The summed E-state index contributed by atoms with van der Waals surface area (Å²) < 4.78 is 0. The van der Waals surface area contributed by atoms with E-state index >= 15 is 0 Å². The monoisotopic (exact) mass is 471 g/mol. The average molecular weight is 471 g/mol. The molecule has 1 aliphatic carbocycles. The molecule has 0 radical (unpaired) electrons. The van der Waals surface area contributed by atoms with Crippen LogP contribution in [0, 0.1) is 5.92 Å². The van der Waals surface area contributed by atoms with Crippen LogP contribution in [0.1, 0.15) is 30.9 Å². The zero-order valence-corrected chi connectivity index (χ0v) is 18.5. The molecular weight excluding hydrogens is 437 g/mol. The minimum absolute atomic E-state index is 0. The molecule has 0 spiro atoms. The fourth-order valence-electron chi connectivity index (χ4n) is 3.49. The lowest BCUT2D eigenvalue weighted by Gasteiger charge is -2.40. The van der Waals surface area contributed by atoms with Gasteiger partial charge in [0.15, 0.2) is 5.96 Å². The maximum atomic E-state index is 4.32. The third kappa shape index (κ3) is 6.70. The van der Waals surface area contributed by atoms with Crippen molar-refractivity contribution in [3.05, 3.63) is 35.9 Å². The van der Waals surface area contributed by atoms with E-state index in [1.807, 2.05) is 7.05 Å². The third-order valence-electron chi connectivity index (χ3n) is 5.27. The van der Waals surface area contributed by atoms with Gasteiger partial charge in [0.1, 0.15) is 0 Å². The first kappa shape index (κ1) is 21.4. The van der Waals surface area contributed by atoms with Crippen molar-refractivity contribution in [1.29, 1.82) is 0 Å². The van der Waals surface area contributed by atoms with E-state index in [2.05, 4.69) is 62.8 Å². The number of benzene rings is 1. The van der Waals surface area contributed by atoms with Crippen molar-refractivity contribution >= 4 is 29.9 Å². The molecule has 1 saturated carbocycles. The summed E-state index contributed by atoms with van der Waals surface area (Å²) in [7, 11) is 4.08. The lowest BCUT2D eigenvalue weighted by molar-refractivity contribution is 0.0891. The molecule has 1 aromatic rings. The number of rotatable bonds is 7. The summed E-state index contributed by atoms with van der Waals surface area (Å²) in [4.78, 5) is 9.40. The molecule has 0 bridgehead atoms. The summed E-state index contributed by atoms with van der Waals surface area (Å²) in [5.74, 6) is 1.82. The summed E-state index contributed by atoms with van der Waals surface area (Å²) in [6.07, 6.45) is 3.87. The number of likely N-dealkylation sites (N-methyl/N-ethyl adjacent to an activating group) is 1. The SMILES string of the molecule is CN=C(NCCCN1CCN(C)CC1c1ccccc1)NCC1CC1.I. The number of nitrogens with zero attached hydrogens (tertiary/aromatic N) is 3. The molecule has 0 aromatic heterocycles. The van der Waals surface area contributed by atoms with E-state index in [0.29, 0.717) is 6.04 Å². The van der Waals surface area contributed by atoms with E-state index in [1.165, 1.54) is 18.4 Å². The summed E-state index contributed by atoms with van der Waals surface area (Å²) in [6, 6.07) is 11.4. The van der Waals surface area contributed by atoms with Crippen LogP contribution < -0.4 is 10.6 Å². The van der Waals surface area contributed by atoms with Gasteiger partial charge < -0.3 is 15.5 Å². The molecule has 2 N–H and O–H groups in total. The lowest BCUT2D eigenvalue weighted by Crippen LogP contribution is -2.47. The molecule has 3 rings (SSSR count). The van der Waals surface area contributed by atoms with E-state index in [0.717, 1.165) is 57.6 Å². The van der Waals surface area contributed by atoms with Crippen molar-refractivity contribution in [3.8, 4) is 0 Å². The maximum absolute atomic E-state index is 4.32. The molecule has 1 aromatic carbocycles. The number of piperazine rings is 1. The molecule has 1 unspecified atom stereocenters. The van der Waals surface area contributed by atoms with Gasteiger partial charge in [0.25, 0.3) is 0 Å². The van der Waals surface area contributed by atoms with Gasteiger partial charge in [-0.2, -0.15) is 0 Å². The number of aliphatic imine (C=N–C) groups is 1. The Labute approximate surface area is 175 Å². The van der Waals surface area contributed by atoms with Crippen LogP contribution in [0.3, 0.4) is 0 Å². The zero-order chi connectivity index (χ0) is 17.5. The predicted molar refractivity (Wildman–Crippen MR) is 120 cm³/mol. The van der Waals surface area contributed by atoms with Gasteiger partial charge in [-0.15, -0.1) is 24.0 Å². The Hall–Kier alpha value is -0.860.